The van der Waals surface area contributed by atoms with Crippen LogP contribution in [-0.4, -0.2) is 25.0 Å². The molecule has 1 aromatic rings. The van der Waals surface area contributed by atoms with E-state index in [1.807, 2.05) is 13.0 Å². The van der Waals surface area contributed by atoms with Crippen molar-refractivity contribution in [1.29, 1.82) is 0 Å². The lowest BCUT2D eigenvalue weighted by atomic mass is 10.1. The van der Waals surface area contributed by atoms with E-state index in [2.05, 4.69) is 10.1 Å². The predicted molar refractivity (Wildman–Crippen MR) is 60.0 cm³/mol. The lowest BCUT2D eigenvalue weighted by Crippen LogP contribution is -2.40. The van der Waals surface area contributed by atoms with E-state index in [0.717, 1.165) is 0 Å². The molecule has 0 aromatic heterocycles. The number of ether oxygens (including phenoxy) is 1. The van der Waals surface area contributed by atoms with Crippen molar-refractivity contribution >= 4 is 11.9 Å². The van der Waals surface area contributed by atoms with Crippen molar-refractivity contribution in [2.75, 3.05) is 7.11 Å². The molecule has 0 bridgehead atoms. The minimum atomic E-state index is -0.585. The van der Waals surface area contributed by atoms with Gasteiger partial charge < -0.3 is 10.1 Å². The second-order valence-corrected chi connectivity index (χ2v) is 3.32. The first-order chi connectivity index (χ1) is 7.69. The van der Waals surface area contributed by atoms with Crippen LogP contribution in [0.2, 0.25) is 0 Å². The fraction of sp³-hybridized carbons (Fsp3) is 0.333. The van der Waals surface area contributed by atoms with E-state index in [9.17, 15) is 9.59 Å². The van der Waals surface area contributed by atoms with Crippen LogP contribution in [0.15, 0.2) is 30.3 Å². The van der Waals surface area contributed by atoms with E-state index in [1.54, 1.807) is 24.3 Å². The number of rotatable bonds is 4. The van der Waals surface area contributed by atoms with Crippen LogP contribution >= 0.6 is 0 Å². The number of amides is 1. The zero-order valence-electron chi connectivity index (χ0n) is 9.40. The van der Waals surface area contributed by atoms with Crippen LogP contribution < -0.4 is 5.32 Å². The van der Waals surface area contributed by atoms with Crippen LogP contribution in [0, 0.1) is 0 Å². The summed E-state index contributed by atoms with van der Waals surface area (Å²) < 4.78 is 4.59. The van der Waals surface area contributed by atoms with Gasteiger partial charge in [0.2, 0.25) is 0 Å². The molecule has 1 atom stereocenters. The van der Waals surface area contributed by atoms with Crippen molar-refractivity contribution in [3.63, 3.8) is 0 Å². The van der Waals surface area contributed by atoms with Crippen molar-refractivity contribution in [2.24, 2.45) is 0 Å². The maximum absolute atomic E-state index is 11.7. The van der Waals surface area contributed by atoms with E-state index in [4.69, 9.17) is 0 Å². The summed E-state index contributed by atoms with van der Waals surface area (Å²) in [7, 11) is 1.31. The summed E-state index contributed by atoms with van der Waals surface area (Å²) in [4.78, 5) is 23.0. The SMILES string of the molecule is CCC(NC(=O)c1ccccc1)C(=O)OC. The van der Waals surface area contributed by atoms with Crippen LogP contribution in [0.1, 0.15) is 23.7 Å². The summed E-state index contributed by atoms with van der Waals surface area (Å²) in [6.45, 7) is 1.81. The first-order valence-electron chi connectivity index (χ1n) is 5.12. The number of benzene rings is 1. The molecule has 0 fully saturated rings. The van der Waals surface area contributed by atoms with Gasteiger partial charge in [-0.3, -0.25) is 4.79 Å². The van der Waals surface area contributed by atoms with Gasteiger partial charge in [-0.05, 0) is 18.6 Å². The van der Waals surface area contributed by atoms with Crippen molar-refractivity contribution < 1.29 is 14.3 Å². The second kappa shape index (κ2) is 5.90. The first kappa shape index (κ1) is 12.2. The van der Waals surface area contributed by atoms with Gasteiger partial charge in [0.1, 0.15) is 6.04 Å². The van der Waals surface area contributed by atoms with Gasteiger partial charge >= 0.3 is 5.97 Å². The van der Waals surface area contributed by atoms with Gasteiger partial charge in [0.15, 0.2) is 0 Å². The van der Waals surface area contributed by atoms with Gasteiger partial charge in [-0.1, -0.05) is 25.1 Å². The number of hydrogen-bond acceptors (Lipinski definition) is 3. The van der Waals surface area contributed by atoms with Crippen molar-refractivity contribution in [2.45, 2.75) is 19.4 Å². The van der Waals surface area contributed by atoms with Gasteiger partial charge in [-0.15, -0.1) is 0 Å². The van der Waals surface area contributed by atoms with Crippen LogP contribution in [-0.2, 0) is 9.53 Å². The molecule has 1 N–H and O–H groups in total. The zero-order valence-corrected chi connectivity index (χ0v) is 9.40. The molecule has 0 aliphatic carbocycles. The number of carbonyl (C=O) groups is 2. The Morgan fingerprint density at radius 2 is 1.94 bits per heavy atom. The van der Waals surface area contributed by atoms with Crippen LogP contribution in [0.5, 0.6) is 0 Å². The molecule has 0 radical (unpaired) electrons. The van der Waals surface area contributed by atoms with Gasteiger partial charge in [-0.2, -0.15) is 0 Å². The summed E-state index contributed by atoms with van der Waals surface area (Å²) in [5.74, 6) is -0.690. The normalized spacial score (nSPS) is 11.6. The Morgan fingerprint density at radius 1 is 1.31 bits per heavy atom. The standard InChI is InChI=1S/C12H15NO3/c1-3-10(12(15)16-2)13-11(14)9-7-5-4-6-8-9/h4-8,10H,3H2,1-2H3,(H,13,14). The van der Waals surface area contributed by atoms with E-state index in [-0.39, 0.29) is 5.91 Å². The summed E-state index contributed by atoms with van der Waals surface area (Å²) in [6.07, 6.45) is 0.505. The third-order valence-electron chi connectivity index (χ3n) is 2.24. The second-order valence-electron chi connectivity index (χ2n) is 3.32. The fourth-order valence-corrected chi connectivity index (χ4v) is 1.30. The van der Waals surface area contributed by atoms with Crippen molar-refractivity contribution in [3.05, 3.63) is 35.9 Å². The van der Waals surface area contributed by atoms with Crippen molar-refractivity contribution in [1.82, 2.24) is 5.32 Å². The van der Waals surface area contributed by atoms with E-state index < -0.39 is 12.0 Å². The fourth-order valence-electron chi connectivity index (χ4n) is 1.30. The Balaban J connectivity index is 2.66. The lowest BCUT2D eigenvalue weighted by Gasteiger charge is -2.14. The average molecular weight is 221 g/mol. The molecule has 4 nitrogen and oxygen atoms in total. The minimum absolute atomic E-state index is 0.266. The molecule has 86 valence electrons. The average Bonchev–Trinajstić information content (AvgIpc) is 2.35. The summed E-state index contributed by atoms with van der Waals surface area (Å²) >= 11 is 0. The first-order valence-corrected chi connectivity index (χ1v) is 5.12. The van der Waals surface area contributed by atoms with E-state index in [1.165, 1.54) is 7.11 Å². The largest absolute Gasteiger partial charge is 0.467 e. The molecular formula is C12H15NO3. The summed E-state index contributed by atoms with van der Waals surface area (Å²) in [5.41, 5.74) is 0.532. The van der Waals surface area contributed by atoms with Gasteiger partial charge in [-0.25, -0.2) is 4.79 Å². The van der Waals surface area contributed by atoms with Gasteiger partial charge in [0.25, 0.3) is 5.91 Å². The Bertz CT molecular complexity index is 362. The molecule has 1 aromatic carbocycles. The molecule has 1 amide bonds. The molecule has 0 saturated carbocycles. The smallest absolute Gasteiger partial charge is 0.328 e. The highest BCUT2D eigenvalue weighted by Crippen LogP contribution is 2.01. The Morgan fingerprint density at radius 3 is 2.44 bits per heavy atom. The molecule has 4 heteroatoms. The highest BCUT2D eigenvalue weighted by Gasteiger charge is 2.19. The molecule has 0 aliphatic heterocycles. The maximum Gasteiger partial charge on any atom is 0.328 e. The summed E-state index contributed by atoms with van der Waals surface area (Å²) in [5, 5.41) is 2.62. The Kier molecular flexibility index (Phi) is 4.51. The number of nitrogens with one attached hydrogen (secondary N) is 1. The predicted octanol–water partition coefficient (Wildman–Crippen LogP) is 1.37. The molecule has 16 heavy (non-hydrogen) atoms. The number of carbonyl (C=O) groups excluding carboxylic acids is 2. The highest BCUT2D eigenvalue weighted by molar-refractivity contribution is 5.96. The number of hydrogen-bond donors (Lipinski definition) is 1. The Labute approximate surface area is 94.6 Å². The molecule has 0 aliphatic rings. The topological polar surface area (TPSA) is 55.4 Å². The zero-order chi connectivity index (χ0) is 12.0. The lowest BCUT2D eigenvalue weighted by molar-refractivity contribution is -0.142. The third kappa shape index (κ3) is 3.08. The van der Waals surface area contributed by atoms with E-state index >= 15 is 0 Å². The quantitative estimate of drug-likeness (QED) is 0.781. The molecule has 0 spiro atoms. The molecule has 0 saturated heterocycles. The van der Waals surface area contributed by atoms with Crippen LogP contribution in [0.25, 0.3) is 0 Å². The maximum atomic E-state index is 11.7. The number of methoxy groups -OCH3 is 1. The summed E-state index contributed by atoms with van der Waals surface area (Å²) in [6, 6.07) is 8.17. The van der Waals surface area contributed by atoms with E-state index in [0.29, 0.717) is 12.0 Å². The van der Waals surface area contributed by atoms with Gasteiger partial charge in [0.05, 0.1) is 7.11 Å². The van der Waals surface area contributed by atoms with Gasteiger partial charge in [0, 0.05) is 5.56 Å². The third-order valence-corrected chi connectivity index (χ3v) is 2.24. The molecule has 0 heterocycles. The molecule has 1 unspecified atom stereocenters. The van der Waals surface area contributed by atoms with Crippen molar-refractivity contribution in [3.8, 4) is 0 Å². The highest BCUT2D eigenvalue weighted by atomic mass is 16.5. The number of esters is 1. The van der Waals surface area contributed by atoms with Crippen LogP contribution in [0.3, 0.4) is 0 Å². The van der Waals surface area contributed by atoms with Crippen LogP contribution in [0.4, 0.5) is 0 Å². The minimum Gasteiger partial charge on any atom is -0.467 e. The Hall–Kier alpha value is -1.84. The molecule has 1 rings (SSSR count). The monoisotopic (exact) mass is 221 g/mol. The molecular weight excluding hydrogens is 206 g/mol.